The molecule has 6 heteroatoms. The largest absolute Gasteiger partial charge is 0.294 e. The second kappa shape index (κ2) is 5.27. The van der Waals surface area contributed by atoms with Crippen molar-refractivity contribution >= 4 is 34.8 Å². The standard InChI is InChI=1S/C13H12ClN3OS/c14-11-4-6-15-13(16-11)17-12(18)9-2-1-3-10-8(9)5-7-19-10/h4-7,9H,1-3H2,(H,15,16,17,18). The quantitative estimate of drug-likeness (QED) is 0.865. The Balaban J connectivity index is 1.79. The molecule has 0 spiro atoms. The Hall–Kier alpha value is -1.46. The molecular weight excluding hydrogens is 282 g/mol. The molecule has 2 heterocycles. The van der Waals surface area contributed by atoms with Gasteiger partial charge in [-0.15, -0.1) is 11.3 Å². The van der Waals surface area contributed by atoms with Gasteiger partial charge in [0.15, 0.2) is 0 Å². The molecule has 98 valence electrons. The van der Waals surface area contributed by atoms with Gasteiger partial charge in [0.2, 0.25) is 11.9 Å². The number of rotatable bonds is 2. The lowest BCUT2D eigenvalue weighted by Crippen LogP contribution is -2.24. The molecule has 0 saturated heterocycles. The predicted octanol–water partition coefficient (Wildman–Crippen LogP) is 3.25. The number of carbonyl (C=O) groups is 1. The maximum absolute atomic E-state index is 12.3. The number of aromatic nitrogens is 2. The molecule has 2 aromatic rings. The first-order chi connectivity index (χ1) is 9.24. The molecule has 4 nitrogen and oxygen atoms in total. The summed E-state index contributed by atoms with van der Waals surface area (Å²) in [5.74, 6) is 0.110. The average Bonchev–Trinajstić information content (AvgIpc) is 2.86. The van der Waals surface area contributed by atoms with E-state index in [1.54, 1.807) is 17.4 Å². The van der Waals surface area contributed by atoms with Gasteiger partial charge in [-0.3, -0.25) is 10.1 Å². The summed E-state index contributed by atoms with van der Waals surface area (Å²) >= 11 is 7.50. The highest BCUT2D eigenvalue weighted by Crippen LogP contribution is 2.35. The van der Waals surface area contributed by atoms with Crippen molar-refractivity contribution in [1.29, 1.82) is 0 Å². The number of halogens is 1. The normalized spacial score (nSPS) is 17.8. The smallest absolute Gasteiger partial charge is 0.234 e. The van der Waals surface area contributed by atoms with E-state index in [-0.39, 0.29) is 17.8 Å². The first-order valence-electron chi connectivity index (χ1n) is 6.10. The topological polar surface area (TPSA) is 54.9 Å². The molecule has 1 N–H and O–H groups in total. The van der Waals surface area contributed by atoms with Gasteiger partial charge < -0.3 is 0 Å². The van der Waals surface area contributed by atoms with E-state index in [2.05, 4.69) is 15.3 Å². The summed E-state index contributed by atoms with van der Waals surface area (Å²) < 4.78 is 0. The first kappa shape index (κ1) is 12.6. The SMILES string of the molecule is O=C(Nc1nccc(Cl)n1)C1CCCc2sccc21. The third-order valence-corrected chi connectivity index (χ3v) is 4.43. The van der Waals surface area contributed by atoms with Gasteiger partial charge in [0.05, 0.1) is 5.92 Å². The molecule has 0 fully saturated rings. The minimum absolute atomic E-state index is 0.0541. The monoisotopic (exact) mass is 293 g/mol. The molecule has 0 radical (unpaired) electrons. The summed E-state index contributed by atoms with van der Waals surface area (Å²) in [6.07, 6.45) is 4.52. The highest BCUT2D eigenvalue weighted by molar-refractivity contribution is 7.10. The van der Waals surface area contributed by atoms with E-state index in [4.69, 9.17) is 11.6 Å². The van der Waals surface area contributed by atoms with Crippen molar-refractivity contribution in [1.82, 2.24) is 9.97 Å². The van der Waals surface area contributed by atoms with E-state index in [1.807, 2.05) is 11.4 Å². The van der Waals surface area contributed by atoms with E-state index < -0.39 is 0 Å². The number of amides is 1. The van der Waals surface area contributed by atoms with Gasteiger partial charge in [-0.1, -0.05) is 11.6 Å². The molecule has 2 aromatic heterocycles. The fourth-order valence-corrected chi connectivity index (χ4v) is 3.48. The molecule has 0 aromatic carbocycles. The lowest BCUT2D eigenvalue weighted by atomic mass is 9.87. The van der Waals surface area contributed by atoms with Crippen LogP contribution in [0, 0.1) is 0 Å². The molecule has 3 rings (SSSR count). The number of nitrogens with zero attached hydrogens (tertiary/aromatic N) is 2. The van der Waals surface area contributed by atoms with Crippen molar-refractivity contribution in [3.05, 3.63) is 39.3 Å². The van der Waals surface area contributed by atoms with Crippen LogP contribution in [0.25, 0.3) is 0 Å². The van der Waals surface area contributed by atoms with E-state index in [0.717, 1.165) is 24.8 Å². The van der Waals surface area contributed by atoms with Crippen molar-refractivity contribution in [3.63, 3.8) is 0 Å². The van der Waals surface area contributed by atoms with E-state index >= 15 is 0 Å². The van der Waals surface area contributed by atoms with Crippen LogP contribution < -0.4 is 5.32 Å². The van der Waals surface area contributed by atoms with Gasteiger partial charge in [0, 0.05) is 11.1 Å². The molecule has 0 saturated carbocycles. The van der Waals surface area contributed by atoms with Crippen LogP contribution >= 0.6 is 22.9 Å². The molecule has 1 aliphatic rings. The maximum atomic E-state index is 12.3. The molecule has 1 amide bonds. The van der Waals surface area contributed by atoms with Crippen molar-refractivity contribution in [3.8, 4) is 0 Å². The number of anilines is 1. The molecule has 1 aliphatic carbocycles. The second-order valence-corrected chi connectivity index (χ2v) is 5.82. The molecule has 1 unspecified atom stereocenters. The first-order valence-corrected chi connectivity index (χ1v) is 7.35. The molecule has 1 atom stereocenters. The van der Waals surface area contributed by atoms with Gasteiger partial charge in [-0.25, -0.2) is 9.97 Å². The Labute approximate surface area is 119 Å². The summed E-state index contributed by atoms with van der Waals surface area (Å²) in [4.78, 5) is 21.6. The van der Waals surface area contributed by atoms with Gasteiger partial charge in [0.1, 0.15) is 5.15 Å². The fourth-order valence-electron chi connectivity index (χ4n) is 2.35. The minimum atomic E-state index is -0.0995. The van der Waals surface area contributed by atoms with Crippen LogP contribution in [0.2, 0.25) is 5.15 Å². The van der Waals surface area contributed by atoms with Crippen molar-refractivity contribution in [2.24, 2.45) is 0 Å². The van der Waals surface area contributed by atoms with Crippen molar-refractivity contribution in [2.45, 2.75) is 25.2 Å². The Morgan fingerprint density at radius 3 is 3.21 bits per heavy atom. The maximum Gasteiger partial charge on any atom is 0.234 e. The zero-order valence-electron chi connectivity index (χ0n) is 10.1. The summed E-state index contributed by atoms with van der Waals surface area (Å²) in [7, 11) is 0. The molecule has 0 aliphatic heterocycles. The number of carbonyl (C=O) groups excluding carboxylic acids is 1. The fraction of sp³-hybridized carbons (Fsp3) is 0.308. The van der Waals surface area contributed by atoms with E-state index in [0.29, 0.717) is 5.15 Å². The minimum Gasteiger partial charge on any atom is -0.294 e. The van der Waals surface area contributed by atoms with Gasteiger partial charge >= 0.3 is 0 Å². The van der Waals surface area contributed by atoms with E-state index in [9.17, 15) is 4.79 Å². The van der Waals surface area contributed by atoms with Gasteiger partial charge in [-0.05, 0) is 42.3 Å². The van der Waals surface area contributed by atoms with Crippen LogP contribution in [0.15, 0.2) is 23.7 Å². The van der Waals surface area contributed by atoms with Crippen LogP contribution in [0.5, 0.6) is 0 Å². The van der Waals surface area contributed by atoms with Crippen LogP contribution in [0.3, 0.4) is 0 Å². The molecular formula is C13H12ClN3OS. The van der Waals surface area contributed by atoms with Crippen molar-refractivity contribution < 1.29 is 4.79 Å². The summed E-state index contributed by atoms with van der Waals surface area (Å²) in [5, 5.41) is 5.11. The second-order valence-electron chi connectivity index (χ2n) is 4.44. The number of thiophene rings is 1. The summed E-state index contributed by atoms with van der Waals surface area (Å²) in [5.41, 5.74) is 1.15. The van der Waals surface area contributed by atoms with Crippen LogP contribution in [-0.2, 0) is 11.2 Å². The van der Waals surface area contributed by atoms with Crippen LogP contribution in [-0.4, -0.2) is 15.9 Å². The Morgan fingerprint density at radius 1 is 1.47 bits per heavy atom. The van der Waals surface area contributed by atoms with Crippen molar-refractivity contribution in [2.75, 3.05) is 5.32 Å². The molecule has 0 bridgehead atoms. The lowest BCUT2D eigenvalue weighted by Gasteiger charge is -2.21. The van der Waals surface area contributed by atoms with Crippen LogP contribution in [0.1, 0.15) is 29.2 Å². The van der Waals surface area contributed by atoms with Gasteiger partial charge in [-0.2, -0.15) is 0 Å². The zero-order valence-corrected chi connectivity index (χ0v) is 11.7. The summed E-state index contributed by atoms with van der Waals surface area (Å²) in [6, 6.07) is 3.62. The number of fused-ring (bicyclic) bond motifs is 1. The lowest BCUT2D eigenvalue weighted by molar-refractivity contribution is -0.117. The third kappa shape index (κ3) is 2.62. The van der Waals surface area contributed by atoms with Crippen LogP contribution in [0.4, 0.5) is 5.95 Å². The summed E-state index contributed by atoms with van der Waals surface area (Å²) in [6.45, 7) is 0. The van der Waals surface area contributed by atoms with E-state index in [1.165, 1.54) is 11.1 Å². The number of nitrogens with one attached hydrogen (secondary N) is 1. The third-order valence-electron chi connectivity index (χ3n) is 3.23. The average molecular weight is 294 g/mol. The van der Waals surface area contributed by atoms with Gasteiger partial charge in [0.25, 0.3) is 0 Å². The predicted molar refractivity (Wildman–Crippen MR) is 75.7 cm³/mol. The number of hydrogen-bond donors (Lipinski definition) is 1. The number of aryl methyl sites for hydroxylation is 1. The Morgan fingerprint density at radius 2 is 2.37 bits per heavy atom. The molecule has 19 heavy (non-hydrogen) atoms. The Kier molecular flexibility index (Phi) is 3.48. The Bertz CT molecular complexity index is 613. The number of hydrogen-bond acceptors (Lipinski definition) is 4. The highest BCUT2D eigenvalue weighted by atomic mass is 35.5. The highest BCUT2D eigenvalue weighted by Gasteiger charge is 2.27. The zero-order chi connectivity index (χ0) is 13.2.